The molecule has 0 atom stereocenters. The molecule has 0 saturated carbocycles. The molecule has 0 fully saturated rings. The molecule has 1 aromatic carbocycles. The van der Waals surface area contributed by atoms with Crippen LogP contribution < -0.4 is 5.73 Å². The van der Waals surface area contributed by atoms with Gasteiger partial charge in [0.25, 0.3) is 0 Å². The van der Waals surface area contributed by atoms with Crippen LogP contribution in [0.2, 0.25) is 0 Å². The summed E-state index contributed by atoms with van der Waals surface area (Å²) >= 11 is 0. The van der Waals surface area contributed by atoms with Crippen molar-refractivity contribution in [3.05, 3.63) is 54.2 Å². The monoisotopic (exact) mass is 235 g/mol. The maximum absolute atomic E-state index is 5.77. The van der Waals surface area contributed by atoms with Crippen LogP contribution in [0, 0.1) is 6.92 Å². The molecule has 0 aliphatic carbocycles. The van der Waals surface area contributed by atoms with Crippen molar-refractivity contribution in [2.45, 2.75) is 6.92 Å². The smallest absolute Gasteiger partial charge is 0.124 e. The Morgan fingerprint density at radius 3 is 2.56 bits per heavy atom. The third-order valence-electron chi connectivity index (χ3n) is 2.96. The molecule has 0 aliphatic rings. The fourth-order valence-electron chi connectivity index (χ4n) is 2.09. The van der Waals surface area contributed by atoms with Crippen LogP contribution in [0.25, 0.3) is 22.2 Å². The summed E-state index contributed by atoms with van der Waals surface area (Å²) < 4.78 is 0. The Balaban J connectivity index is 2.23. The first kappa shape index (κ1) is 10.7. The summed E-state index contributed by atoms with van der Waals surface area (Å²) in [4.78, 5) is 8.82. The Labute approximate surface area is 105 Å². The van der Waals surface area contributed by atoms with E-state index in [0.717, 1.165) is 27.7 Å². The molecular weight excluding hydrogens is 222 g/mol. The predicted octanol–water partition coefficient (Wildman–Crippen LogP) is 3.19. The van der Waals surface area contributed by atoms with Gasteiger partial charge in [-0.2, -0.15) is 0 Å². The van der Waals surface area contributed by atoms with Gasteiger partial charge in [0.2, 0.25) is 0 Å². The fourth-order valence-corrected chi connectivity index (χ4v) is 2.09. The Kier molecular flexibility index (Phi) is 2.45. The summed E-state index contributed by atoms with van der Waals surface area (Å²) in [5.74, 6) is 0.534. The first-order valence-electron chi connectivity index (χ1n) is 5.82. The van der Waals surface area contributed by atoms with Gasteiger partial charge in [-0.1, -0.05) is 30.3 Å². The van der Waals surface area contributed by atoms with E-state index in [4.69, 9.17) is 5.73 Å². The molecule has 2 N–H and O–H groups in total. The molecule has 0 radical (unpaired) electrons. The topological polar surface area (TPSA) is 51.8 Å². The molecule has 3 nitrogen and oxygen atoms in total. The minimum atomic E-state index is 0.534. The molecule has 0 amide bonds. The fraction of sp³-hybridized carbons (Fsp3) is 0.0667. The minimum Gasteiger partial charge on any atom is -0.384 e. The Morgan fingerprint density at radius 1 is 1.00 bits per heavy atom. The van der Waals surface area contributed by atoms with Gasteiger partial charge in [0.05, 0.1) is 11.0 Å². The third-order valence-corrected chi connectivity index (χ3v) is 2.96. The standard InChI is InChI=1S/C15H13N3/c1-10-7-14(16)18-13-8-12(9-17-15(10)13)11-5-3-2-4-6-11/h2-9H,1H3,(H2,16,18). The highest BCUT2D eigenvalue weighted by molar-refractivity contribution is 5.83. The van der Waals surface area contributed by atoms with Gasteiger partial charge in [-0.05, 0) is 30.2 Å². The Hall–Kier alpha value is -2.42. The molecule has 0 unspecified atom stereocenters. The molecule has 3 aromatic rings. The maximum Gasteiger partial charge on any atom is 0.124 e. The number of aryl methyl sites for hydroxylation is 1. The van der Waals surface area contributed by atoms with E-state index in [1.807, 2.05) is 43.5 Å². The number of rotatable bonds is 1. The summed E-state index contributed by atoms with van der Waals surface area (Å²) in [5.41, 5.74) is 10.8. The van der Waals surface area contributed by atoms with Crippen LogP contribution in [0.3, 0.4) is 0 Å². The second kappa shape index (κ2) is 4.11. The molecule has 0 aliphatic heterocycles. The Morgan fingerprint density at radius 2 is 1.78 bits per heavy atom. The SMILES string of the molecule is Cc1cc(N)nc2cc(-c3ccccc3)cnc12. The second-order valence-electron chi connectivity index (χ2n) is 4.32. The number of nitrogens with zero attached hydrogens (tertiary/aromatic N) is 2. The summed E-state index contributed by atoms with van der Waals surface area (Å²) in [6, 6.07) is 14.0. The number of aromatic nitrogens is 2. The largest absolute Gasteiger partial charge is 0.384 e. The first-order chi connectivity index (χ1) is 8.74. The quantitative estimate of drug-likeness (QED) is 0.704. The molecule has 18 heavy (non-hydrogen) atoms. The van der Waals surface area contributed by atoms with E-state index < -0.39 is 0 Å². The zero-order chi connectivity index (χ0) is 12.5. The third kappa shape index (κ3) is 1.80. The van der Waals surface area contributed by atoms with Crippen molar-refractivity contribution in [1.29, 1.82) is 0 Å². The highest BCUT2D eigenvalue weighted by atomic mass is 14.9. The van der Waals surface area contributed by atoms with Gasteiger partial charge in [0.15, 0.2) is 0 Å². The van der Waals surface area contributed by atoms with Crippen LogP contribution in [0.1, 0.15) is 5.56 Å². The predicted molar refractivity (Wildman–Crippen MR) is 74.1 cm³/mol. The number of hydrogen-bond acceptors (Lipinski definition) is 3. The lowest BCUT2D eigenvalue weighted by molar-refractivity contribution is 1.30. The van der Waals surface area contributed by atoms with Crippen LogP contribution in [0.15, 0.2) is 48.7 Å². The summed E-state index contributed by atoms with van der Waals surface area (Å²) in [6.45, 7) is 2.00. The summed E-state index contributed by atoms with van der Waals surface area (Å²) in [6.07, 6.45) is 1.88. The highest BCUT2D eigenvalue weighted by Gasteiger charge is 2.04. The van der Waals surface area contributed by atoms with E-state index in [1.54, 1.807) is 0 Å². The highest BCUT2D eigenvalue weighted by Crippen LogP contribution is 2.23. The lowest BCUT2D eigenvalue weighted by atomic mass is 10.1. The van der Waals surface area contributed by atoms with Gasteiger partial charge in [0.1, 0.15) is 5.82 Å². The maximum atomic E-state index is 5.77. The molecule has 88 valence electrons. The molecule has 0 bridgehead atoms. The van der Waals surface area contributed by atoms with Crippen molar-refractivity contribution in [3.63, 3.8) is 0 Å². The molecule has 3 heteroatoms. The second-order valence-corrected chi connectivity index (χ2v) is 4.32. The number of hydrogen-bond donors (Lipinski definition) is 1. The van der Waals surface area contributed by atoms with Gasteiger partial charge in [0, 0.05) is 11.8 Å². The lowest BCUT2D eigenvalue weighted by Crippen LogP contribution is -1.94. The van der Waals surface area contributed by atoms with E-state index in [1.165, 1.54) is 0 Å². The van der Waals surface area contributed by atoms with Crippen LogP contribution in [-0.4, -0.2) is 9.97 Å². The average molecular weight is 235 g/mol. The first-order valence-corrected chi connectivity index (χ1v) is 5.82. The van der Waals surface area contributed by atoms with Crippen LogP contribution in [-0.2, 0) is 0 Å². The van der Waals surface area contributed by atoms with E-state index in [2.05, 4.69) is 22.1 Å². The number of nitrogen functional groups attached to an aromatic ring is 1. The number of fused-ring (bicyclic) bond motifs is 1. The van der Waals surface area contributed by atoms with Crippen molar-refractivity contribution in [2.75, 3.05) is 5.73 Å². The van der Waals surface area contributed by atoms with Crippen molar-refractivity contribution >= 4 is 16.9 Å². The molecule has 3 rings (SSSR count). The zero-order valence-electron chi connectivity index (χ0n) is 10.1. The number of nitrogens with two attached hydrogens (primary N) is 1. The van der Waals surface area contributed by atoms with Gasteiger partial charge >= 0.3 is 0 Å². The number of benzene rings is 1. The van der Waals surface area contributed by atoms with E-state index in [0.29, 0.717) is 5.82 Å². The van der Waals surface area contributed by atoms with E-state index in [-0.39, 0.29) is 0 Å². The summed E-state index contributed by atoms with van der Waals surface area (Å²) in [7, 11) is 0. The molecular formula is C15H13N3. The van der Waals surface area contributed by atoms with Crippen molar-refractivity contribution in [2.24, 2.45) is 0 Å². The normalized spacial score (nSPS) is 10.7. The molecule has 0 spiro atoms. The zero-order valence-corrected chi connectivity index (χ0v) is 10.1. The van der Waals surface area contributed by atoms with Crippen LogP contribution in [0.4, 0.5) is 5.82 Å². The van der Waals surface area contributed by atoms with Crippen molar-refractivity contribution in [3.8, 4) is 11.1 Å². The molecule has 2 aromatic heterocycles. The van der Waals surface area contributed by atoms with E-state index in [9.17, 15) is 0 Å². The lowest BCUT2D eigenvalue weighted by Gasteiger charge is -2.05. The minimum absolute atomic E-state index is 0.534. The van der Waals surface area contributed by atoms with Crippen LogP contribution in [0.5, 0.6) is 0 Å². The van der Waals surface area contributed by atoms with Gasteiger partial charge in [-0.25, -0.2) is 4.98 Å². The molecule has 0 saturated heterocycles. The van der Waals surface area contributed by atoms with Crippen molar-refractivity contribution in [1.82, 2.24) is 9.97 Å². The number of pyridine rings is 2. The van der Waals surface area contributed by atoms with Crippen LogP contribution >= 0.6 is 0 Å². The average Bonchev–Trinajstić information content (AvgIpc) is 2.39. The Bertz CT molecular complexity index is 706. The van der Waals surface area contributed by atoms with Crippen molar-refractivity contribution < 1.29 is 0 Å². The van der Waals surface area contributed by atoms with E-state index >= 15 is 0 Å². The summed E-state index contributed by atoms with van der Waals surface area (Å²) in [5, 5.41) is 0. The van der Waals surface area contributed by atoms with Gasteiger partial charge in [-0.15, -0.1) is 0 Å². The van der Waals surface area contributed by atoms with Gasteiger partial charge in [-0.3, -0.25) is 4.98 Å². The number of anilines is 1. The molecule has 2 heterocycles. The van der Waals surface area contributed by atoms with Gasteiger partial charge < -0.3 is 5.73 Å².